The van der Waals surface area contributed by atoms with Gasteiger partial charge in [0.15, 0.2) is 0 Å². The molecule has 1 atom stereocenters. The van der Waals surface area contributed by atoms with Gasteiger partial charge in [0.2, 0.25) is 5.95 Å². The molecule has 2 aliphatic rings. The van der Waals surface area contributed by atoms with Crippen LogP contribution in [0.25, 0.3) is 11.0 Å². The number of para-hydroxylation sites is 2. The zero-order valence-electron chi connectivity index (χ0n) is 21.9. The van der Waals surface area contributed by atoms with E-state index in [1.165, 1.54) is 5.56 Å². The lowest BCUT2D eigenvalue weighted by atomic mass is 9.76. The van der Waals surface area contributed by atoms with Gasteiger partial charge >= 0.3 is 0 Å². The number of carbonyl (C=O) groups is 1. The molecule has 3 aromatic carbocycles. The summed E-state index contributed by atoms with van der Waals surface area (Å²) < 4.78 is 0. The summed E-state index contributed by atoms with van der Waals surface area (Å²) in [6.07, 6.45) is 4.00. The van der Waals surface area contributed by atoms with Gasteiger partial charge in [-0.1, -0.05) is 59.6 Å². The lowest BCUT2D eigenvalue weighted by molar-refractivity contribution is 0.0780. The van der Waals surface area contributed by atoms with Crippen molar-refractivity contribution < 1.29 is 4.79 Å². The maximum Gasteiger partial charge on any atom is 0.253 e. The van der Waals surface area contributed by atoms with Crippen molar-refractivity contribution in [2.24, 2.45) is 0 Å². The highest BCUT2D eigenvalue weighted by Crippen LogP contribution is 2.41. The first kappa shape index (κ1) is 26.2. The average molecular weight is 563 g/mol. The first-order valence-electron chi connectivity index (χ1n) is 13.7. The van der Waals surface area contributed by atoms with E-state index in [2.05, 4.69) is 32.3 Å². The van der Waals surface area contributed by atoms with Crippen LogP contribution >= 0.6 is 23.2 Å². The Balaban J connectivity index is 1.11. The molecule has 2 fully saturated rings. The largest absolute Gasteiger partial charge is 0.353 e. The lowest BCUT2D eigenvalue weighted by Crippen LogP contribution is -2.42. The van der Waals surface area contributed by atoms with Crippen molar-refractivity contribution in [2.75, 3.05) is 38.0 Å². The fourth-order valence-electron chi connectivity index (χ4n) is 6.11. The van der Waals surface area contributed by atoms with Gasteiger partial charge in [-0.3, -0.25) is 4.79 Å². The van der Waals surface area contributed by atoms with Gasteiger partial charge in [-0.25, -0.2) is 4.98 Å². The zero-order chi connectivity index (χ0) is 26.8. The zero-order valence-corrected chi connectivity index (χ0v) is 23.4. The second-order valence-corrected chi connectivity index (χ2v) is 11.7. The highest BCUT2D eigenvalue weighted by Gasteiger charge is 2.42. The fourth-order valence-corrected chi connectivity index (χ4v) is 6.40. The van der Waals surface area contributed by atoms with E-state index in [1.807, 2.05) is 65.6 Å². The Labute approximate surface area is 239 Å². The maximum absolute atomic E-state index is 13.3. The number of H-pyrrole nitrogens is 1. The van der Waals surface area contributed by atoms with Crippen molar-refractivity contribution in [1.29, 1.82) is 0 Å². The molecular weight excluding hydrogens is 529 g/mol. The molecule has 1 unspecified atom stereocenters. The highest BCUT2D eigenvalue weighted by atomic mass is 35.5. The number of carbonyl (C=O) groups excluding carboxylic acids is 1. The number of benzene rings is 3. The van der Waals surface area contributed by atoms with E-state index < -0.39 is 0 Å². The van der Waals surface area contributed by atoms with Crippen molar-refractivity contribution in [1.82, 2.24) is 19.8 Å². The Morgan fingerprint density at radius 1 is 0.974 bits per heavy atom. The Bertz CT molecular complexity index is 1420. The molecule has 0 bridgehead atoms. The van der Waals surface area contributed by atoms with Crippen LogP contribution in [0.5, 0.6) is 0 Å². The molecule has 202 valence electrons. The number of hydrogen-bond acceptors (Lipinski definition) is 4. The number of fused-ring (bicyclic) bond motifs is 1. The van der Waals surface area contributed by atoms with Crippen molar-refractivity contribution in [3.63, 3.8) is 0 Å². The van der Waals surface area contributed by atoms with Crippen LogP contribution in [-0.2, 0) is 5.41 Å². The number of imidazole rings is 1. The van der Waals surface area contributed by atoms with E-state index in [0.717, 1.165) is 74.4 Å². The monoisotopic (exact) mass is 561 g/mol. The van der Waals surface area contributed by atoms with Crippen LogP contribution in [0.1, 0.15) is 41.6 Å². The van der Waals surface area contributed by atoms with E-state index in [4.69, 9.17) is 23.2 Å². The summed E-state index contributed by atoms with van der Waals surface area (Å²) in [5, 5.41) is 4.73. The van der Waals surface area contributed by atoms with Gasteiger partial charge in [0.05, 0.1) is 21.1 Å². The second kappa shape index (κ2) is 11.2. The number of nitrogens with one attached hydrogen (secondary N) is 2. The van der Waals surface area contributed by atoms with Gasteiger partial charge in [0.25, 0.3) is 5.91 Å². The third kappa shape index (κ3) is 5.65. The number of halogens is 2. The molecule has 2 N–H and O–H groups in total. The summed E-state index contributed by atoms with van der Waals surface area (Å²) >= 11 is 12.7. The number of hydrogen-bond donors (Lipinski definition) is 2. The number of piperidine rings is 1. The number of aromatic nitrogens is 2. The van der Waals surface area contributed by atoms with E-state index in [1.54, 1.807) is 0 Å². The van der Waals surface area contributed by atoms with Crippen LogP contribution in [-0.4, -0.2) is 64.4 Å². The van der Waals surface area contributed by atoms with Gasteiger partial charge in [0, 0.05) is 43.2 Å². The molecule has 3 heterocycles. The van der Waals surface area contributed by atoms with Gasteiger partial charge < -0.3 is 20.1 Å². The first-order chi connectivity index (χ1) is 19.0. The number of amides is 1. The van der Waals surface area contributed by atoms with Crippen LogP contribution in [0.4, 0.5) is 5.95 Å². The predicted molar refractivity (Wildman–Crippen MR) is 159 cm³/mol. The molecule has 4 aromatic rings. The van der Waals surface area contributed by atoms with E-state index >= 15 is 0 Å². The summed E-state index contributed by atoms with van der Waals surface area (Å²) in [6.45, 7) is 4.45. The number of likely N-dealkylation sites (tertiary alicyclic amines) is 2. The number of nitrogens with zero attached hydrogens (tertiary/aromatic N) is 3. The minimum Gasteiger partial charge on any atom is -0.353 e. The molecule has 1 amide bonds. The van der Waals surface area contributed by atoms with Crippen LogP contribution in [0.3, 0.4) is 0 Å². The molecule has 2 aliphatic heterocycles. The van der Waals surface area contributed by atoms with E-state index in [-0.39, 0.29) is 11.3 Å². The summed E-state index contributed by atoms with van der Waals surface area (Å²) in [4.78, 5) is 25.9. The summed E-state index contributed by atoms with van der Waals surface area (Å²) in [6, 6.07) is 24.1. The molecule has 6 nitrogen and oxygen atoms in total. The summed E-state index contributed by atoms with van der Waals surface area (Å²) in [7, 11) is 0. The van der Waals surface area contributed by atoms with Crippen LogP contribution in [0.15, 0.2) is 72.8 Å². The Kier molecular flexibility index (Phi) is 7.52. The smallest absolute Gasteiger partial charge is 0.253 e. The molecule has 2 saturated heterocycles. The number of anilines is 1. The number of rotatable bonds is 7. The Morgan fingerprint density at radius 3 is 2.51 bits per heavy atom. The lowest BCUT2D eigenvalue weighted by Gasteiger charge is -2.36. The Hall–Kier alpha value is -3.06. The average Bonchev–Trinajstić information content (AvgIpc) is 3.59. The summed E-state index contributed by atoms with van der Waals surface area (Å²) in [5.41, 5.74) is 3.80. The SMILES string of the molecule is O=C(c1ccccc1)N1CCC(CCN2CCC(Nc3nc4ccccc4[nH]3)CC2)(c2ccc(Cl)c(Cl)c2)C1. The molecule has 39 heavy (non-hydrogen) atoms. The van der Waals surface area contributed by atoms with Gasteiger partial charge in [-0.05, 0) is 74.2 Å². The van der Waals surface area contributed by atoms with Crippen LogP contribution in [0, 0.1) is 0 Å². The van der Waals surface area contributed by atoms with E-state index in [0.29, 0.717) is 22.6 Å². The minimum atomic E-state index is -0.151. The molecule has 0 radical (unpaired) electrons. The first-order valence-corrected chi connectivity index (χ1v) is 14.5. The minimum absolute atomic E-state index is 0.0926. The molecule has 0 saturated carbocycles. The molecule has 8 heteroatoms. The molecule has 0 aliphatic carbocycles. The molecule has 6 rings (SSSR count). The van der Waals surface area contributed by atoms with Crippen molar-refractivity contribution >= 4 is 46.1 Å². The fraction of sp³-hybridized carbons (Fsp3) is 0.355. The Morgan fingerprint density at radius 2 is 1.74 bits per heavy atom. The topological polar surface area (TPSA) is 64.3 Å². The van der Waals surface area contributed by atoms with Crippen LogP contribution < -0.4 is 5.32 Å². The van der Waals surface area contributed by atoms with E-state index in [9.17, 15) is 4.79 Å². The molecular formula is C31H33Cl2N5O. The standard InChI is InChI=1S/C31H33Cl2N5O/c32-25-11-10-23(20-26(25)33)31(15-19-38(21-31)29(39)22-6-2-1-3-7-22)14-18-37-16-12-24(13-17-37)34-30-35-27-8-4-5-9-28(27)36-30/h1-11,20,24H,12-19,21H2,(H2,34,35,36). The third-order valence-electron chi connectivity index (χ3n) is 8.42. The quantitative estimate of drug-likeness (QED) is 0.266. The van der Waals surface area contributed by atoms with Crippen LogP contribution in [0.2, 0.25) is 10.0 Å². The second-order valence-electron chi connectivity index (χ2n) is 10.9. The van der Waals surface area contributed by atoms with Crippen molar-refractivity contribution in [2.45, 2.75) is 37.1 Å². The van der Waals surface area contributed by atoms with Gasteiger partial charge in [-0.15, -0.1) is 0 Å². The molecule has 1 aromatic heterocycles. The third-order valence-corrected chi connectivity index (χ3v) is 9.16. The number of aromatic amines is 1. The van der Waals surface area contributed by atoms with Crippen molar-refractivity contribution in [3.05, 3.63) is 94.0 Å². The maximum atomic E-state index is 13.3. The van der Waals surface area contributed by atoms with Gasteiger partial charge in [-0.2, -0.15) is 0 Å². The van der Waals surface area contributed by atoms with Gasteiger partial charge in [0.1, 0.15) is 0 Å². The predicted octanol–water partition coefficient (Wildman–Crippen LogP) is 6.62. The highest BCUT2D eigenvalue weighted by molar-refractivity contribution is 6.42. The normalized spacial score (nSPS) is 20.5. The molecule has 0 spiro atoms. The summed E-state index contributed by atoms with van der Waals surface area (Å²) in [5.74, 6) is 0.942. The van der Waals surface area contributed by atoms with Crippen molar-refractivity contribution in [3.8, 4) is 0 Å².